The molecule has 0 aromatic heterocycles. The molecule has 0 saturated carbocycles. The van der Waals surface area contributed by atoms with Gasteiger partial charge in [-0.3, -0.25) is 10.1 Å². The van der Waals surface area contributed by atoms with Crippen molar-refractivity contribution in [3.05, 3.63) is 38.9 Å². The van der Waals surface area contributed by atoms with E-state index in [0.717, 1.165) is 12.1 Å². The van der Waals surface area contributed by atoms with Crippen LogP contribution in [0.4, 0.5) is 14.5 Å². The maximum atomic E-state index is 12.3. The summed E-state index contributed by atoms with van der Waals surface area (Å²) in [5, 5.41) is 10.7. The maximum absolute atomic E-state index is 12.3. The molecule has 1 atom stereocenters. The smallest absolute Gasteiger partial charge is 0.275 e. The van der Waals surface area contributed by atoms with Crippen LogP contribution in [0.1, 0.15) is 11.6 Å². The lowest BCUT2D eigenvalue weighted by Crippen LogP contribution is -2.20. The highest BCUT2D eigenvalue weighted by molar-refractivity contribution is 6.30. The summed E-state index contributed by atoms with van der Waals surface area (Å²) in [7, 11) is 0. The van der Waals surface area contributed by atoms with E-state index in [1.54, 1.807) is 0 Å². The standard InChI is InChI=1S/C8H7ClF2N2O2/c9-4-1-2-5(7(12)8(10)11)6(3-4)13(14)15/h1-3,7-8H,12H2. The van der Waals surface area contributed by atoms with Crippen LogP contribution in [-0.4, -0.2) is 11.3 Å². The van der Waals surface area contributed by atoms with Crippen LogP contribution in [-0.2, 0) is 0 Å². The lowest BCUT2D eigenvalue weighted by Gasteiger charge is -2.10. The van der Waals surface area contributed by atoms with Crippen molar-refractivity contribution in [2.45, 2.75) is 12.5 Å². The number of nitro groups is 1. The van der Waals surface area contributed by atoms with E-state index >= 15 is 0 Å². The summed E-state index contributed by atoms with van der Waals surface area (Å²) in [5.41, 5.74) is 4.42. The number of halogens is 3. The molecule has 15 heavy (non-hydrogen) atoms. The third-order valence-corrected chi connectivity index (χ3v) is 2.05. The summed E-state index contributed by atoms with van der Waals surface area (Å²) in [4.78, 5) is 9.76. The van der Waals surface area contributed by atoms with Crippen molar-refractivity contribution in [3.63, 3.8) is 0 Å². The molecule has 0 heterocycles. The van der Waals surface area contributed by atoms with Gasteiger partial charge in [0.15, 0.2) is 0 Å². The molecular weight excluding hydrogens is 230 g/mol. The summed E-state index contributed by atoms with van der Waals surface area (Å²) in [6.07, 6.45) is -2.86. The van der Waals surface area contributed by atoms with Crippen LogP contribution in [0.5, 0.6) is 0 Å². The molecule has 0 aliphatic rings. The van der Waals surface area contributed by atoms with Gasteiger partial charge in [-0.1, -0.05) is 11.6 Å². The average molecular weight is 237 g/mol. The Morgan fingerprint density at radius 1 is 1.47 bits per heavy atom. The fourth-order valence-electron chi connectivity index (χ4n) is 1.09. The number of benzene rings is 1. The number of hydrogen-bond donors (Lipinski definition) is 1. The zero-order chi connectivity index (χ0) is 11.6. The highest BCUT2D eigenvalue weighted by atomic mass is 35.5. The largest absolute Gasteiger partial charge is 0.319 e. The van der Waals surface area contributed by atoms with Crippen LogP contribution in [0.3, 0.4) is 0 Å². The fraction of sp³-hybridized carbons (Fsp3) is 0.250. The third kappa shape index (κ3) is 2.60. The molecule has 0 amide bonds. The molecule has 7 heteroatoms. The zero-order valence-corrected chi connectivity index (χ0v) is 8.12. The van der Waals surface area contributed by atoms with Crippen LogP contribution in [0, 0.1) is 10.1 Å². The molecule has 0 fully saturated rings. The van der Waals surface area contributed by atoms with E-state index in [1.165, 1.54) is 6.07 Å². The van der Waals surface area contributed by atoms with E-state index in [1.807, 2.05) is 0 Å². The Morgan fingerprint density at radius 2 is 2.07 bits per heavy atom. The predicted molar refractivity (Wildman–Crippen MR) is 51.0 cm³/mol. The minimum atomic E-state index is -2.86. The topological polar surface area (TPSA) is 69.2 Å². The first-order chi connectivity index (χ1) is 6.93. The second-order valence-corrected chi connectivity index (χ2v) is 3.26. The minimum absolute atomic E-state index is 0.104. The van der Waals surface area contributed by atoms with E-state index in [0.29, 0.717) is 0 Å². The number of hydrogen-bond acceptors (Lipinski definition) is 3. The Balaban J connectivity index is 3.22. The van der Waals surface area contributed by atoms with E-state index in [9.17, 15) is 18.9 Å². The van der Waals surface area contributed by atoms with Gasteiger partial charge < -0.3 is 5.73 Å². The number of alkyl halides is 2. The van der Waals surface area contributed by atoms with Crippen LogP contribution < -0.4 is 5.73 Å². The van der Waals surface area contributed by atoms with Crippen LogP contribution in [0.25, 0.3) is 0 Å². The first-order valence-electron chi connectivity index (χ1n) is 3.91. The normalized spacial score (nSPS) is 12.9. The van der Waals surface area contributed by atoms with Gasteiger partial charge in [0.25, 0.3) is 12.1 Å². The molecule has 0 saturated heterocycles. The number of nitrogens with two attached hydrogens (primary N) is 1. The van der Waals surface area contributed by atoms with Gasteiger partial charge in [0.2, 0.25) is 0 Å². The minimum Gasteiger partial charge on any atom is -0.319 e. The quantitative estimate of drug-likeness (QED) is 0.648. The van der Waals surface area contributed by atoms with Gasteiger partial charge in [0.05, 0.1) is 16.5 Å². The first-order valence-corrected chi connectivity index (χ1v) is 4.29. The van der Waals surface area contributed by atoms with Gasteiger partial charge >= 0.3 is 0 Å². The maximum Gasteiger partial charge on any atom is 0.275 e. The Morgan fingerprint density at radius 3 is 2.53 bits per heavy atom. The summed E-state index contributed by atoms with van der Waals surface area (Å²) in [6.45, 7) is 0. The molecule has 1 unspecified atom stereocenters. The van der Waals surface area contributed by atoms with Gasteiger partial charge in [-0.15, -0.1) is 0 Å². The van der Waals surface area contributed by atoms with E-state index < -0.39 is 23.1 Å². The molecule has 0 radical (unpaired) electrons. The van der Waals surface area contributed by atoms with E-state index in [2.05, 4.69) is 0 Å². The summed E-state index contributed by atoms with van der Waals surface area (Å²) < 4.78 is 24.6. The van der Waals surface area contributed by atoms with Gasteiger partial charge in [0, 0.05) is 11.1 Å². The van der Waals surface area contributed by atoms with Crippen molar-refractivity contribution in [1.82, 2.24) is 0 Å². The van der Waals surface area contributed by atoms with Crippen molar-refractivity contribution in [3.8, 4) is 0 Å². The molecule has 1 rings (SSSR count). The molecule has 0 aliphatic carbocycles. The van der Waals surface area contributed by atoms with Crippen LogP contribution in [0.2, 0.25) is 5.02 Å². The second kappa shape index (κ2) is 4.50. The van der Waals surface area contributed by atoms with Crippen molar-refractivity contribution < 1.29 is 13.7 Å². The number of rotatable bonds is 3. The summed E-state index contributed by atoms with van der Waals surface area (Å²) in [6, 6.07) is 1.74. The lowest BCUT2D eigenvalue weighted by molar-refractivity contribution is -0.385. The molecule has 4 nitrogen and oxygen atoms in total. The Kier molecular flexibility index (Phi) is 3.54. The first kappa shape index (κ1) is 11.8. The second-order valence-electron chi connectivity index (χ2n) is 2.82. The monoisotopic (exact) mass is 236 g/mol. The molecule has 82 valence electrons. The Labute approximate surface area is 88.8 Å². The van der Waals surface area contributed by atoms with E-state index in [-0.39, 0.29) is 10.6 Å². The molecule has 1 aromatic rings. The van der Waals surface area contributed by atoms with Crippen LogP contribution in [0.15, 0.2) is 18.2 Å². The van der Waals surface area contributed by atoms with Crippen molar-refractivity contribution in [2.24, 2.45) is 5.73 Å². The van der Waals surface area contributed by atoms with E-state index in [4.69, 9.17) is 17.3 Å². The summed E-state index contributed by atoms with van der Waals surface area (Å²) in [5.74, 6) is 0. The van der Waals surface area contributed by atoms with Crippen molar-refractivity contribution in [2.75, 3.05) is 0 Å². The van der Waals surface area contributed by atoms with Gasteiger partial charge in [-0.05, 0) is 12.1 Å². The van der Waals surface area contributed by atoms with Gasteiger partial charge in [0.1, 0.15) is 0 Å². The molecule has 1 aromatic carbocycles. The molecule has 2 N–H and O–H groups in total. The van der Waals surface area contributed by atoms with Gasteiger partial charge in [-0.25, -0.2) is 8.78 Å². The van der Waals surface area contributed by atoms with Crippen LogP contribution >= 0.6 is 11.6 Å². The SMILES string of the molecule is NC(c1ccc(Cl)cc1[N+](=O)[O-])C(F)F. The average Bonchev–Trinajstić information content (AvgIpc) is 2.16. The Hall–Kier alpha value is -1.27. The molecule has 0 spiro atoms. The number of nitrogens with zero attached hydrogens (tertiary/aromatic N) is 1. The molecular formula is C8H7ClF2N2O2. The zero-order valence-electron chi connectivity index (χ0n) is 7.36. The number of nitro benzene ring substituents is 1. The summed E-state index contributed by atoms with van der Waals surface area (Å²) >= 11 is 5.51. The molecule has 0 aliphatic heterocycles. The highest BCUT2D eigenvalue weighted by Crippen LogP contribution is 2.29. The van der Waals surface area contributed by atoms with Gasteiger partial charge in [-0.2, -0.15) is 0 Å². The lowest BCUT2D eigenvalue weighted by atomic mass is 10.1. The fourth-order valence-corrected chi connectivity index (χ4v) is 1.26. The van der Waals surface area contributed by atoms with Crippen molar-refractivity contribution >= 4 is 17.3 Å². The van der Waals surface area contributed by atoms with Crippen molar-refractivity contribution in [1.29, 1.82) is 0 Å². The third-order valence-electron chi connectivity index (χ3n) is 1.82. The molecule has 0 bridgehead atoms. The Bertz CT molecular complexity index is 387. The predicted octanol–water partition coefficient (Wildman–Crippen LogP) is 2.51. The highest BCUT2D eigenvalue weighted by Gasteiger charge is 2.25.